The summed E-state index contributed by atoms with van der Waals surface area (Å²) in [6.45, 7) is 0.0939. The average molecular weight is 272 g/mol. The Morgan fingerprint density at radius 1 is 1.26 bits per heavy atom. The molecular weight excluding hydrogens is 252 g/mol. The molecule has 0 aliphatic carbocycles. The largest absolute Gasteiger partial charge is 0.370 e. The number of hydrogen-bond acceptors (Lipinski definition) is 5. The fraction of sp³-hybridized carbons (Fsp3) is 0.600. The smallest absolute Gasteiger partial charge is 0.239 e. The van der Waals surface area contributed by atoms with Gasteiger partial charge < -0.3 is 32.6 Å². The molecule has 0 spiro atoms. The van der Waals surface area contributed by atoms with Crippen LogP contribution in [0.25, 0.3) is 0 Å². The van der Waals surface area contributed by atoms with Crippen LogP contribution in [0, 0.1) is 0 Å². The van der Waals surface area contributed by atoms with E-state index in [9.17, 15) is 14.4 Å². The molecule has 0 aromatic heterocycles. The van der Waals surface area contributed by atoms with Crippen LogP contribution in [0.4, 0.5) is 0 Å². The molecule has 0 bridgehead atoms. The quantitative estimate of drug-likeness (QED) is 0.128. The number of nitrogens with two attached hydrogens (primary N) is 3. The summed E-state index contributed by atoms with van der Waals surface area (Å²) in [5.41, 5.74) is 15.9. The molecule has 0 unspecified atom stereocenters. The van der Waals surface area contributed by atoms with Crippen molar-refractivity contribution in [1.29, 1.82) is 0 Å². The zero-order chi connectivity index (χ0) is 14.7. The van der Waals surface area contributed by atoms with Gasteiger partial charge in [-0.05, 0) is 12.8 Å². The van der Waals surface area contributed by atoms with Crippen LogP contribution < -0.4 is 27.8 Å². The van der Waals surface area contributed by atoms with Crippen molar-refractivity contribution in [3.8, 4) is 0 Å². The Labute approximate surface area is 111 Å². The van der Waals surface area contributed by atoms with E-state index < -0.39 is 17.9 Å². The van der Waals surface area contributed by atoms with Crippen LogP contribution in [-0.2, 0) is 14.4 Å². The molecule has 0 aromatic rings. The number of nitrogens with zero attached hydrogens (tertiary/aromatic N) is 1. The van der Waals surface area contributed by atoms with E-state index in [2.05, 4.69) is 15.6 Å². The van der Waals surface area contributed by atoms with E-state index in [0.717, 1.165) is 0 Å². The number of amides is 2. The molecule has 0 fully saturated rings. The van der Waals surface area contributed by atoms with Crippen LogP contribution in [0.15, 0.2) is 4.99 Å². The van der Waals surface area contributed by atoms with Gasteiger partial charge in [-0.15, -0.1) is 0 Å². The second-order valence-electron chi connectivity index (χ2n) is 3.74. The summed E-state index contributed by atoms with van der Waals surface area (Å²) < 4.78 is 0. The van der Waals surface area contributed by atoms with E-state index in [1.807, 2.05) is 0 Å². The van der Waals surface area contributed by atoms with Gasteiger partial charge in [0.05, 0.1) is 19.1 Å². The Balaban J connectivity index is 3.78. The molecular formula is C10H20N6O3. The lowest BCUT2D eigenvalue weighted by Crippen LogP contribution is -2.45. The summed E-state index contributed by atoms with van der Waals surface area (Å²) in [4.78, 5) is 36.3. The second-order valence-corrected chi connectivity index (χ2v) is 3.74. The molecule has 0 aliphatic rings. The van der Waals surface area contributed by atoms with Crippen molar-refractivity contribution in [1.82, 2.24) is 10.6 Å². The number of rotatable bonds is 9. The minimum absolute atomic E-state index is 0.00938. The maximum absolute atomic E-state index is 11.5. The van der Waals surface area contributed by atoms with E-state index in [1.165, 1.54) is 0 Å². The van der Waals surface area contributed by atoms with Gasteiger partial charge in [0, 0.05) is 6.54 Å². The van der Waals surface area contributed by atoms with Gasteiger partial charge >= 0.3 is 0 Å². The highest BCUT2D eigenvalue weighted by Gasteiger charge is 2.13. The fourth-order valence-corrected chi connectivity index (χ4v) is 1.17. The van der Waals surface area contributed by atoms with Crippen molar-refractivity contribution >= 4 is 24.1 Å². The molecule has 9 nitrogen and oxygen atoms in total. The fourth-order valence-electron chi connectivity index (χ4n) is 1.17. The van der Waals surface area contributed by atoms with E-state index in [0.29, 0.717) is 25.7 Å². The SMILES string of the molecule is NC(N)=NCCC[C@H](N)C(=O)NCC(=O)NCC=O. The third-order valence-electron chi connectivity index (χ3n) is 2.11. The van der Waals surface area contributed by atoms with Gasteiger partial charge in [0.2, 0.25) is 11.8 Å². The molecule has 2 amide bonds. The third kappa shape index (κ3) is 9.53. The van der Waals surface area contributed by atoms with Crippen LogP contribution in [-0.4, -0.2) is 49.7 Å². The van der Waals surface area contributed by atoms with Gasteiger partial charge in [0.15, 0.2) is 5.96 Å². The first-order valence-electron chi connectivity index (χ1n) is 5.76. The van der Waals surface area contributed by atoms with Crippen LogP contribution in [0.2, 0.25) is 0 Å². The summed E-state index contributed by atoms with van der Waals surface area (Å²) in [5, 5.41) is 4.65. The zero-order valence-corrected chi connectivity index (χ0v) is 10.6. The first-order chi connectivity index (χ1) is 8.97. The molecule has 0 saturated carbocycles. The highest BCUT2D eigenvalue weighted by molar-refractivity contribution is 5.87. The van der Waals surface area contributed by atoms with Crippen LogP contribution >= 0.6 is 0 Å². The molecule has 0 aliphatic heterocycles. The topological polar surface area (TPSA) is 166 Å². The van der Waals surface area contributed by atoms with E-state index in [1.54, 1.807) is 0 Å². The van der Waals surface area contributed by atoms with Crippen LogP contribution in [0.3, 0.4) is 0 Å². The Morgan fingerprint density at radius 2 is 1.95 bits per heavy atom. The lowest BCUT2D eigenvalue weighted by molar-refractivity contribution is -0.127. The highest BCUT2D eigenvalue weighted by atomic mass is 16.2. The van der Waals surface area contributed by atoms with Gasteiger partial charge in [0.1, 0.15) is 6.29 Å². The van der Waals surface area contributed by atoms with Gasteiger partial charge in [-0.3, -0.25) is 14.6 Å². The summed E-state index contributed by atoms with van der Waals surface area (Å²) in [6.07, 6.45) is 1.51. The monoisotopic (exact) mass is 272 g/mol. The van der Waals surface area contributed by atoms with Crippen molar-refractivity contribution in [2.45, 2.75) is 18.9 Å². The highest BCUT2D eigenvalue weighted by Crippen LogP contribution is 1.95. The van der Waals surface area contributed by atoms with E-state index in [4.69, 9.17) is 17.2 Å². The number of aliphatic imine (C=N–C) groups is 1. The van der Waals surface area contributed by atoms with Gasteiger partial charge in [-0.1, -0.05) is 0 Å². The summed E-state index contributed by atoms with van der Waals surface area (Å²) >= 11 is 0. The Bertz CT molecular complexity index is 340. The Kier molecular flexibility index (Phi) is 8.71. The summed E-state index contributed by atoms with van der Waals surface area (Å²) in [7, 11) is 0. The Hall–Kier alpha value is -2.16. The molecule has 0 radical (unpaired) electrons. The van der Waals surface area contributed by atoms with Crippen molar-refractivity contribution in [3.63, 3.8) is 0 Å². The number of carbonyl (C=O) groups is 3. The maximum atomic E-state index is 11.5. The first kappa shape index (κ1) is 16.8. The minimum Gasteiger partial charge on any atom is -0.370 e. The average Bonchev–Trinajstić information content (AvgIpc) is 2.37. The molecule has 0 rings (SSSR count). The summed E-state index contributed by atoms with van der Waals surface area (Å²) in [6, 6.07) is -0.729. The maximum Gasteiger partial charge on any atom is 0.239 e. The summed E-state index contributed by atoms with van der Waals surface area (Å²) in [5.74, 6) is -0.899. The van der Waals surface area contributed by atoms with Crippen LogP contribution in [0.1, 0.15) is 12.8 Å². The predicted octanol–water partition coefficient (Wildman–Crippen LogP) is -3.20. The lowest BCUT2D eigenvalue weighted by atomic mass is 10.1. The molecule has 108 valence electrons. The van der Waals surface area contributed by atoms with Crippen molar-refractivity contribution in [2.75, 3.05) is 19.6 Å². The number of aldehydes is 1. The number of guanidine groups is 1. The van der Waals surface area contributed by atoms with Crippen molar-refractivity contribution in [3.05, 3.63) is 0 Å². The normalized spacial score (nSPS) is 11.2. The predicted molar refractivity (Wildman–Crippen MR) is 70.0 cm³/mol. The van der Waals surface area contributed by atoms with Gasteiger partial charge in [-0.25, -0.2) is 0 Å². The Morgan fingerprint density at radius 3 is 2.53 bits per heavy atom. The van der Waals surface area contributed by atoms with E-state index in [-0.39, 0.29) is 19.0 Å². The third-order valence-corrected chi connectivity index (χ3v) is 2.11. The standard InChI is InChI=1S/C10H20N6O3/c11-7(2-1-3-15-10(12)13)9(19)16-6-8(18)14-4-5-17/h5,7H,1-4,6,11H2,(H,14,18)(H,16,19)(H4,12,13,15)/t7-/m0/s1. The minimum atomic E-state index is -0.729. The van der Waals surface area contributed by atoms with E-state index >= 15 is 0 Å². The molecule has 8 N–H and O–H groups in total. The zero-order valence-electron chi connectivity index (χ0n) is 10.6. The molecule has 0 aromatic carbocycles. The van der Waals surface area contributed by atoms with Crippen molar-refractivity contribution < 1.29 is 14.4 Å². The van der Waals surface area contributed by atoms with Crippen LogP contribution in [0.5, 0.6) is 0 Å². The molecule has 0 heterocycles. The number of carbonyl (C=O) groups excluding carboxylic acids is 3. The molecule has 1 atom stereocenters. The van der Waals surface area contributed by atoms with Gasteiger partial charge in [-0.2, -0.15) is 0 Å². The van der Waals surface area contributed by atoms with Crippen molar-refractivity contribution in [2.24, 2.45) is 22.2 Å². The number of hydrogen-bond donors (Lipinski definition) is 5. The first-order valence-corrected chi connectivity index (χ1v) is 5.76. The molecule has 9 heteroatoms. The second kappa shape index (κ2) is 9.83. The molecule has 19 heavy (non-hydrogen) atoms. The molecule has 0 saturated heterocycles. The van der Waals surface area contributed by atoms with Gasteiger partial charge in [0.25, 0.3) is 0 Å². The lowest BCUT2D eigenvalue weighted by Gasteiger charge is -2.11. The number of nitrogens with one attached hydrogen (secondary N) is 2.